The molecule has 12 rings (SSSR count). The van der Waals surface area contributed by atoms with Crippen LogP contribution in [0.15, 0.2) is 255 Å². The molecule has 0 fully saturated rings. The van der Waals surface area contributed by atoms with Crippen molar-refractivity contribution >= 4 is 72.4 Å². The van der Waals surface area contributed by atoms with Gasteiger partial charge in [0.25, 0.3) is 0 Å². The third kappa shape index (κ3) is 5.85. The van der Waals surface area contributed by atoms with Gasteiger partial charge in [0.15, 0.2) is 8.07 Å². The van der Waals surface area contributed by atoms with Crippen LogP contribution in [0.1, 0.15) is 0 Å². The second kappa shape index (κ2) is 15.2. The van der Waals surface area contributed by atoms with Gasteiger partial charge in [0, 0.05) is 32.8 Å². The van der Waals surface area contributed by atoms with Crippen molar-refractivity contribution in [3.63, 3.8) is 0 Å². The van der Waals surface area contributed by atoms with Crippen molar-refractivity contribution in [2.24, 2.45) is 0 Å². The summed E-state index contributed by atoms with van der Waals surface area (Å²) in [5.74, 6) is 0. The Morgan fingerprint density at radius 2 is 0.810 bits per heavy atom. The van der Waals surface area contributed by atoms with Crippen molar-refractivity contribution in [2.75, 3.05) is 0 Å². The molecule has 0 unspecified atom stereocenters. The average molecular weight is 819 g/mol. The van der Waals surface area contributed by atoms with Crippen molar-refractivity contribution in [3.8, 4) is 33.6 Å². The first kappa shape index (κ1) is 36.8. The number of aromatic nitrogens is 2. The Labute approximate surface area is 368 Å². The fourth-order valence-electron chi connectivity index (χ4n) is 10.4. The summed E-state index contributed by atoms with van der Waals surface area (Å²) in [6, 6.07) is 94.3. The summed E-state index contributed by atoms with van der Waals surface area (Å²) in [5.41, 5.74) is 11.9. The van der Waals surface area contributed by atoms with Crippen LogP contribution in [0.2, 0.25) is 0 Å². The predicted octanol–water partition coefficient (Wildman–Crippen LogP) is 12.6. The Balaban J connectivity index is 1.19. The molecule has 2 nitrogen and oxygen atoms in total. The van der Waals surface area contributed by atoms with Gasteiger partial charge in [-0.05, 0) is 73.8 Å². The maximum Gasteiger partial charge on any atom is 0.181 e. The van der Waals surface area contributed by atoms with Crippen molar-refractivity contribution in [3.05, 3.63) is 255 Å². The lowest BCUT2D eigenvalue weighted by molar-refractivity contribution is 1.17. The fourth-order valence-corrected chi connectivity index (χ4v) is 15.3. The lowest BCUT2D eigenvalue weighted by Crippen LogP contribution is -2.75. The quantitative estimate of drug-likeness (QED) is 0.107. The fraction of sp³-hybridized carbons (Fsp3) is 0. The molecule has 0 radical (unpaired) electrons. The van der Waals surface area contributed by atoms with E-state index in [1.54, 1.807) is 0 Å². The summed E-state index contributed by atoms with van der Waals surface area (Å²) in [7, 11) is -2.93. The van der Waals surface area contributed by atoms with Gasteiger partial charge in [-0.2, -0.15) is 0 Å². The maximum absolute atomic E-state index is 2.93. The SMILES string of the molecule is c1ccc(-c2ccc3c4cc(-n5c6ccccc6c6cccc([Si](c7ccccc7)(c7ccccc7)c7ccccc7)c65)ccc4n(-c4ccccc4-c4ccccc4)c3c2)cc1. The number of hydrogen-bond donors (Lipinski definition) is 0. The van der Waals surface area contributed by atoms with Crippen LogP contribution in [-0.4, -0.2) is 17.2 Å². The third-order valence-electron chi connectivity index (χ3n) is 13.1. The number of benzene rings is 10. The van der Waals surface area contributed by atoms with Gasteiger partial charge in [0.05, 0.1) is 27.8 Å². The van der Waals surface area contributed by atoms with Gasteiger partial charge in [-0.3, -0.25) is 0 Å². The largest absolute Gasteiger partial charge is 0.309 e. The highest BCUT2D eigenvalue weighted by molar-refractivity contribution is 7.20. The molecule has 296 valence electrons. The lowest BCUT2D eigenvalue weighted by atomic mass is 10.0. The first-order valence-electron chi connectivity index (χ1n) is 21.8. The van der Waals surface area contributed by atoms with Crippen molar-refractivity contribution in [2.45, 2.75) is 0 Å². The van der Waals surface area contributed by atoms with E-state index in [9.17, 15) is 0 Å². The molecular formula is C60H42N2Si. The number of rotatable bonds is 8. The molecular weight excluding hydrogens is 777 g/mol. The maximum atomic E-state index is 2.56. The average Bonchev–Trinajstić information content (AvgIpc) is 3.88. The molecule has 0 saturated heterocycles. The zero-order chi connectivity index (χ0) is 41.7. The number of hydrogen-bond acceptors (Lipinski definition) is 0. The number of nitrogens with zero attached hydrogens (tertiary/aromatic N) is 2. The van der Waals surface area contributed by atoms with Gasteiger partial charge in [0.1, 0.15) is 0 Å². The summed E-state index contributed by atoms with van der Waals surface area (Å²) >= 11 is 0. The zero-order valence-electron chi connectivity index (χ0n) is 34.6. The van der Waals surface area contributed by atoms with Crippen LogP contribution in [0.3, 0.4) is 0 Å². The molecule has 0 atom stereocenters. The Morgan fingerprint density at radius 1 is 0.286 bits per heavy atom. The summed E-state index contributed by atoms with van der Waals surface area (Å²) in [5, 5.41) is 10.4. The highest BCUT2D eigenvalue weighted by Crippen LogP contribution is 2.40. The van der Waals surface area contributed by atoms with Crippen LogP contribution >= 0.6 is 0 Å². The van der Waals surface area contributed by atoms with E-state index in [1.165, 1.54) is 86.6 Å². The molecule has 2 aromatic heterocycles. The first-order chi connectivity index (χ1) is 31.3. The Bertz CT molecular complexity index is 3500. The van der Waals surface area contributed by atoms with Crippen molar-refractivity contribution < 1.29 is 0 Å². The summed E-state index contributed by atoms with van der Waals surface area (Å²) in [6.45, 7) is 0. The van der Waals surface area contributed by atoms with E-state index in [-0.39, 0.29) is 0 Å². The molecule has 10 aromatic carbocycles. The molecule has 0 amide bonds. The molecule has 0 bridgehead atoms. The third-order valence-corrected chi connectivity index (χ3v) is 17.9. The van der Waals surface area contributed by atoms with Crippen LogP contribution in [0.5, 0.6) is 0 Å². The summed E-state index contributed by atoms with van der Waals surface area (Å²) in [6.07, 6.45) is 0. The minimum Gasteiger partial charge on any atom is -0.309 e. The Hall–Kier alpha value is -7.98. The Kier molecular flexibility index (Phi) is 8.87. The first-order valence-corrected chi connectivity index (χ1v) is 23.8. The molecule has 0 N–H and O–H groups in total. The van der Waals surface area contributed by atoms with E-state index >= 15 is 0 Å². The van der Waals surface area contributed by atoms with Crippen molar-refractivity contribution in [1.82, 2.24) is 9.13 Å². The van der Waals surface area contributed by atoms with Gasteiger partial charge in [-0.15, -0.1) is 0 Å². The minimum absolute atomic E-state index is 1.14. The molecule has 0 saturated carbocycles. The van der Waals surface area contributed by atoms with E-state index in [0.717, 1.165) is 11.4 Å². The van der Waals surface area contributed by atoms with Crippen LogP contribution < -0.4 is 20.7 Å². The van der Waals surface area contributed by atoms with E-state index in [0.29, 0.717) is 0 Å². The van der Waals surface area contributed by atoms with E-state index in [2.05, 4.69) is 264 Å². The highest BCUT2D eigenvalue weighted by atomic mass is 28.3. The second-order valence-electron chi connectivity index (χ2n) is 16.4. The van der Waals surface area contributed by atoms with Gasteiger partial charge >= 0.3 is 0 Å². The van der Waals surface area contributed by atoms with Crippen molar-refractivity contribution in [1.29, 1.82) is 0 Å². The topological polar surface area (TPSA) is 9.86 Å². The molecule has 2 heterocycles. The summed E-state index contributed by atoms with van der Waals surface area (Å²) < 4.78 is 5.05. The molecule has 63 heavy (non-hydrogen) atoms. The van der Waals surface area contributed by atoms with Gasteiger partial charge < -0.3 is 9.13 Å². The molecule has 0 aliphatic heterocycles. The monoisotopic (exact) mass is 818 g/mol. The van der Waals surface area contributed by atoms with Gasteiger partial charge in [-0.1, -0.05) is 218 Å². The molecule has 12 aromatic rings. The van der Waals surface area contributed by atoms with E-state index in [1.807, 2.05) is 0 Å². The van der Waals surface area contributed by atoms with E-state index < -0.39 is 8.07 Å². The second-order valence-corrected chi connectivity index (χ2v) is 20.2. The highest BCUT2D eigenvalue weighted by Gasteiger charge is 2.43. The molecule has 0 spiro atoms. The standard InChI is InChI=1S/C60H42N2Si/c1-6-21-43(22-7-1)45-37-39-52-54-42-46(38-40-57(54)62(58(52)41-45)55-34-18-16-31-50(55)44-23-8-2-9-24-44)61-56-35-19-17-32-51(56)53-33-20-36-59(60(53)61)63(47-25-10-3-11-26-47,48-27-12-4-13-28-48)49-29-14-5-15-30-49/h1-42H. The van der Waals surface area contributed by atoms with Crippen LogP contribution in [0.25, 0.3) is 77.2 Å². The Morgan fingerprint density at radius 3 is 1.48 bits per heavy atom. The van der Waals surface area contributed by atoms with Crippen LogP contribution in [0.4, 0.5) is 0 Å². The number of fused-ring (bicyclic) bond motifs is 6. The smallest absolute Gasteiger partial charge is 0.181 e. The number of para-hydroxylation sites is 3. The van der Waals surface area contributed by atoms with Crippen LogP contribution in [-0.2, 0) is 0 Å². The predicted molar refractivity (Wildman–Crippen MR) is 270 cm³/mol. The lowest BCUT2D eigenvalue weighted by Gasteiger charge is -2.35. The van der Waals surface area contributed by atoms with Gasteiger partial charge in [0.2, 0.25) is 0 Å². The molecule has 0 aliphatic rings. The van der Waals surface area contributed by atoms with Gasteiger partial charge in [-0.25, -0.2) is 0 Å². The van der Waals surface area contributed by atoms with E-state index in [4.69, 9.17) is 0 Å². The molecule has 0 aliphatic carbocycles. The minimum atomic E-state index is -2.93. The normalized spacial score (nSPS) is 11.8. The van der Waals surface area contributed by atoms with Crippen LogP contribution in [0, 0.1) is 0 Å². The zero-order valence-corrected chi connectivity index (χ0v) is 35.6. The summed E-state index contributed by atoms with van der Waals surface area (Å²) in [4.78, 5) is 0. The molecule has 3 heteroatoms.